The molecule has 0 bridgehead atoms. The lowest BCUT2D eigenvalue weighted by molar-refractivity contribution is -0.142. The van der Waals surface area contributed by atoms with Crippen molar-refractivity contribution in [2.75, 3.05) is 20.6 Å². The fraction of sp³-hybridized carbons (Fsp3) is 0.400. The Morgan fingerprint density at radius 2 is 2.00 bits per heavy atom. The van der Waals surface area contributed by atoms with E-state index in [1.807, 2.05) is 30.3 Å². The van der Waals surface area contributed by atoms with Crippen molar-refractivity contribution >= 4 is 17.6 Å². The van der Waals surface area contributed by atoms with Gasteiger partial charge in [-0.15, -0.1) is 0 Å². The Morgan fingerprint density at radius 1 is 1.35 bits per heavy atom. The number of carbonyl (C=O) groups excluding carboxylic acids is 2. The van der Waals surface area contributed by atoms with E-state index < -0.39 is 5.92 Å². The lowest BCUT2D eigenvalue weighted by Gasteiger charge is -2.19. The molecule has 1 aromatic carbocycles. The first-order chi connectivity index (χ1) is 9.50. The van der Waals surface area contributed by atoms with Crippen LogP contribution in [-0.2, 0) is 16.0 Å². The van der Waals surface area contributed by atoms with Gasteiger partial charge in [0.2, 0.25) is 11.8 Å². The van der Waals surface area contributed by atoms with Crippen LogP contribution in [0, 0.1) is 11.3 Å². The first-order valence-electron chi connectivity index (χ1n) is 6.64. The van der Waals surface area contributed by atoms with E-state index in [9.17, 15) is 9.59 Å². The number of carbonyl (C=O) groups is 2. The number of likely N-dealkylation sites (tertiary alicyclic amines) is 1. The molecule has 2 amide bonds. The van der Waals surface area contributed by atoms with Crippen molar-refractivity contribution in [3.63, 3.8) is 0 Å². The van der Waals surface area contributed by atoms with Crippen LogP contribution < -0.4 is 0 Å². The molecule has 0 spiro atoms. The number of rotatable bonds is 3. The van der Waals surface area contributed by atoms with Crippen molar-refractivity contribution in [3.8, 4) is 0 Å². The summed E-state index contributed by atoms with van der Waals surface area (Å²) in [7, 11) is 3.48. The van der Waals surface area contributed by atoms with Gasteiger partial charge in [-0.3, -0.25) is 19.9 Å². The number of imide groups is 1. The minimum Gasteiger partial charge on any atom is -0.366 e. The lowest BCUT2D eigenvalue weighted by Crippen LogP contribution is -2.39. The summed E-state index contributed by atoms with van der Waals surface area (Å²) in [4.78, 5) is 27.3. The highest BCUT2D eigenvalue weighted by Gasteiger charge is 2.38. The van der Waals surface area contributed by atoms with Gasteiger partial charge in [-0.25, -0.2) is 0 Å². The van der Waals surface area contributed by atoms with Crippen LogP contribution in [0.1, 0.15) is 12.0 Å². The standard InChI is InChI=1S/C15H19N3O2/c1-17(2)14(16)12-8-9-18(15(12)20)13(19)10-11-6-4-3-5-7-11/h3-7,12,16H,8-10H2,1-2H3. The molecule has 1 aliphatic heterocycles. The molecule has 2 rings (SSSR count). The third-order valence-corrected chi connectivity index (χ3v) is 3.52. The van der Waals surface area contributed by atoms with E-state index in [2.05, 4.69) is 0 Å². The summed E-state index contributed by atoms with van der Waals surface area (Å²) in [6.45, 7) is 0.408. The van der Waals surface area contributed by atoms with Gasteiger partial charge in [0.15, 0.2) is 0 Å². The lowest BCUT2D eigenvalue weighted by atomic mass is 10.1. The quantitative estimate of drug-likeness (QED) is 0.663. The van der Waals surface area contributed by atoms with Crippen LogP contribution in [0.2, 0.25) is 0 Å². The predicted molar refractivity (Wildman–Crippen MR) is 76.4 cm³/mol. The van der Waals surface area contributed by atoms with Crippen molar-refractivity contribution in [2.45, 2.75) is 12.8 Å². The largest absolute Gasteiger partial charge is 0.366 e. The topological polar surface area (TPSA) is 64.5 Å². The van der Waals surface area contributed by atoms with Crippen molar-refractivity contribution in [1.29, 1.82) is 5.41 Å². The van der Waals surface area contributed by atoms with Crippen molar-refractivity contribution in [2.24, 2.45) is 5.92 Å². The summed E-state index contributed by atoms with van der Waals surface area (Å²) in [5.74, 6) is -0.644. The number of hydrogen-bond acceptors (Lipinski definition) is 3. The molecule has 1 fully saturated rings. The molecule has 1 saturated heterocycles. The highest BCUT2D eigenvalue weighted by Crippen LogP contribution is 2.21. The van der Waals surface area contributed by atoms with E-state index in [0.717, 1.165) is 5.56 Å². The second-order valence-corrected chi connectivity index (χ2v) is 5.17. The fourth-order valence-corrected chi connectivity index (χ4v) is 2.36. The Hall–Kier alpha value is -2.17. The number of amidine groups is 1. The number of nitrogens with zero attached hydrogens (tertiary/aromatic N) is 2. The van der Waals surface area contributed by atoms with E-state index in [1.54, 1.807) is 19.0 Å². The van der Waals surface area contributed by atoms with E-state index in [1.165, 1.54) is 4.90 Å². The molecule has 1 aromatic rings. The molecule has 1 atom stereocenters. The zero-order valence-corrected chi connectivity index (χ0v) is 11.8. The number of benzene rings is 1. The van der Waals surface area contributed by atoms with Crippen LogP contribution in [0.25, 0.3) is 0 Å². The average molecular weight is 273 g/mol. The minimum absolute atomic E-state index is 0.185. The zero-order valence-electron chi connectivity index (χ0n) is 11.8. The average Bonchev–Trinajstić information content (AvgIpc) is 2.80. The molecule has 1 N–H and O–H groups in total. The summed E-state index contributed by atoms with van der Waals surface area (Å²) in [6, 6.07) is 9.39. The molecule has 106 valence electrons. The Balaban J connectivity index is 2.02. The minimum atomic E-state index is -0.482. The maximum Gasteiger partial charge on any atom is 0.239 e. The summed E-state index contributed by atoms with van der Waals surface area (Å²) in [5.41, 5.74) is 0.899. The maximum atomic E-state index is 12.2. The second-order valence-electron chi connectivity index (χ2n) is 5.17. The van der Waals surface area contributed by atoms with Gasteiger partial charge in [-0.2, -0.15) is 0 Å². The molecule has 0 aliphatic carbocycles. The normalized spacial score (nSPS) is 18.2. The molecule has 1 unspecified atom stereocenters. The third-order valence-electron chi connectivity index (χ3n) is 3.52. The molecule has 5 nitrogen and oxygen atoms in total. The molecule has 20 heavy (non-hydrogen) atoms. The van der Waals surface area contributed by atoms with Crippen molar-refractivity contribution in [1.82, 2.24) is 9.80 Å². The highest BCUT2D eigenvalue weighted by atomic mass is 16.2. The molecule has 0 saturated carbocycles. The van der Waals surface area contributed by atoms with Gasteiger partial charge in [-0.1, -0.05) is 30.3 Å². The molecule has 5 heteroatoms. The maximum absolute atomic E-state index is 12.2. The first kappa shape index (κ1) is 14.2. The van der Waals surface area contributed by atoms with Crippen molar-refractivity contribution in [3.05, 3.63) is 35.9 Å². The van der Waals surface area contributed by atoms with Gasteiger partial charge in [0.1, 0.15) is 5.84 Å². The molecule has 0 aromatic heterocycles. The summed E-state index contributed by atoms with van der Waals surface area (Å²) < 4.78 is 0. The Bertz CT molecular complexity index is 525. The van der Waals surface area contributed by atoms with E-state index in [4.69, 9.17) is 5.41 Å². The Kier molecular flexibility index (Phi) is 4.17. The number of hydrogen-bond donors (Lipinski definition) is 1. The van der Waals surface area contributed by atoms with Gasteiger partial charge in [-0.05, 0) is 12.0 Å². The Morgan fingerprint density at radius 3 is 2.60 bits per heavy atom. The Labute approximate surface area is 118 Å². The van der Waals surface area contributed by atoms with Crippen LogP contribution in [0.15, 0.2) is 30.3 Å². The van der Waals surface area contributed by atoms with Crippen LogP contribution >= 0.6 is 0 Å². The fourth-order valence-electron chi connectivity index (χ4n) is 2.36. The van der Waals surface area contributed by atoms with E-state index >= 15 is 0 Å². The van der Waals surface area contributed by atoms with Crippen LogP contribution in [0.5, 0.6) is 0 Å². The highest BCUT2D eigenvalue weighted by molar-refractivity contribution is 6.09. The molecule has 1 heterocycles. The van der Waals surface area contributed by atoms with Gasteiger partial charge in [0.05, 0.1) is 12.3 Å². The zero-order chi connectivity index (χ0) is 14.7. The number of nitrogens with one attached hydrogen (secondary N) is 1. The molecular weight excluding hydrogens is 254 g/mol. The van der Waals surface area contributed by atoms with Gasteiger partial charge in [0, 0.05) is 20.6 Å². The molecule has 0 radical (unpaired) electrons. The van der Waals surface area contributed by atoms with Crippen molar-refractivity contribution < 1.29 is 9.59 Å². The summed E-state index contributed by atoms with van der Waals surface area (Å²) in [5, 5.41) is 7.89. The predicted octanol–water partition coefficient (Wildman–Crippen LogP) is 1.14. The molecule has 1 aliphatic rings. The van der Waals surface area contributed by atoms with E-state index in [0.29, 0.717) is 13.0 Å². The second kappa shape index (κ2) is 5.86. The first-order valence-corrected chi connectivity index (χ1v) is 6.64. The van der Waals surface area contributed by atoms with Crippen LogP contribution in [0.4, 0.5) is 0 Å². The number of amides is 2. The van der Waals surface area contributed by atoms with Crippen LogP contribution in [-0.4, -0.2) is 48.1 Å². The molecular formula is C15H19N3O2. The summed E-state index contributed by atoms with van der Waals surface area (Å²) in [6.07, 6.45) is 0.769. The van der Waals surface area contributed by atoms with Gasteiger partial charge >= 0.3 is 0 Å². The van der Waals surface area contributed by atoms with Crippen LogP contribution in [0.3, 0.4) is 0 Å². The SMILES string of the molecule is CN(C)C(=N)C1CCN(C(=O)Cc2ccccc2)C1=O. The third kappa shape index (κ3) is 2.87. The smallest absolute Gasteiger partial charge is 0.239 e. The monoisotopic (exact) mass is 273 g/mol. The van der Waals surface area contributed by atoms with E-state index in [-0.39, 0.29) is 24.1 Å². The van der Waals surface area contributed by atoms with Gasteiger partial charge < -0.3 is 4.90 Å². The van der Waals surface area contributed by atoms with Gasteiger partial charge in [0.25, 0.3) is 0 Å². The summed E-state index contributed by atoms with van der Waals surface area (Å²) >= 11 is 0.